The number of methoxy groups -OCH3 is 1. The molecule has 16 heteroatoms. The highest BCUT2D eigenvalue weighted by molar-refractivity contribution is 8.15. The number of halogens is 3. The maximum Gasteiger partial charge on any atom is 0.573 e. The van der Waals surface area contributed by atoms with Crippen LogP contribution in [0.2, 0.25) is 0 Å². The van der Waals surface area contributed by atoms with E-state index in [9.17, 15) is 22.8 Å². The second-order valence-electron chi connectivity index (χ2n) is 10.3. The summed E-state index contributed by atoms with van der Waals surface area (Å²) in [6.45, 7) is 6.05. The van der Waals surface area contributed by atoms with Gasteiger partial charge in [-0.3, -0.25) is 9.69 Å². The summed E-state index contributed by atoms with van der Waals surface area (Å²) in [6.07, 6.45) is -3.69. The quantitative estimate of drug-likeness (QED) is 0.168. The molecule has 0 spiro atoms. The van der Waals surface area contributed by atoms with Crippen LogP contribution in [0.4, 0.5) is 29.3 Å². The van der Waals surface area contributed by atoms with Gasteiger partial charge in [0.25, 0.3) is 0 Å². The molecule has 1 atom stereocenters. The Morgan fingerprint density at radius 2 is 1.90 bits per heavy atom. The van der Waals surface area contributed by atoms with E-state index in [1.54, 1.807) is 18.2 Å². The number of urea groups is 1. The van der Waals surface area contributed by atoms with Crippen molar-refractivity contribution in [2.75, 3.05) is 36.5 Å². The van der Waals surface area contributed by atoms with Crippen LogP contribution in [0, 0.1) is 6.92 Å². The van der Waals surface area contributed by atoms with E-state index in [0.29, 0.717) is 23.5 Å². The van der Waals surface area contributed by atoms with Gasteiger partial charge in [-0.05, 0) is 74.9 Å². The minimum atomic E-state index is -4.80. The van der Waals surface area contributed by atoms with Gasteiger partial charge in [0.15, 0.2) is 17.8 Å². The van der Waals surface area contributed by atoms with Gasteiger partial charge in [-0.15, -0.1) is 18.3 Å². The zero-order chi connectivity index (χ0) is 34.4. The van der Waals surface area contributed by atoms with Crippen LogP contribution in [0.25, 0.3) is 17.1 Å². The molecule has 1 aliphatic rings. The number of aliphatic imine (C=N–C) groups is 1. The van der Waals surface area contributed by atoms with E-state index in [1.807, 2.05) is 39.0 Å². The van der Waals surface area contributed by atoms with Crippen LogP contribution in [0.1, 0.15) is 31.1 Å². The lowest BCUT2D eigenvalue weighted by atomic mass is 10.0. The number of carbonyl (C=O) groups is 2. The summed E-state index contributed by atoms with van der Waals surface area (Å²) in [6, 6.07) is 14.9. The Bertz CT molecular complexity index is 1810. The van der Waals surface area contributed by atoms with Crippen LogP contribution in [0.15, 0.2) is 72.0 Å². The summed E-state index contributed by atoms with van der Waals surface area (Å²) in [5.41, 5.74) is 3.55. The summed E-state index contributed by atoms with van der Waals surface area (Å²) < 4.78 is 59.4. The zero-order valence-electron chi connectivity index (χ0n) is 26.3. The number of thioether (sulfide) groups is 1. The van der Waals surface area contributed by atoms with Crippen molar-refractivity contribution < 1.29 is 41.7 Å². The van der Waals surface area contributed by atoms with Crippen molar-refractivity contribution >= 4 is 40.2 Å². The number of nitrogens with zero attached hydrogens (tertiary/aromatic N) is 5. The molecule has 1 aliphatic heterocycles. The van der Waals surface area contributed by atoms with Crippen molar-refractivity contribution in [1.29, 1.82) is 0 Å². The second kappa shape index (κ2) is 14.9. The van der Waals surface area contributed by atoms with Gasteiger partial charge in [0.05, 0.1) is 28.9 Å². The lowest BCUT2D eigenvalue weighted by molar-refractivity contribution is -0.274. The molecular formula is C32H31F3N6O6S. The van der Waals surface area contributed by atoms with Gasteiger partial charge in [0.1, 0.15) is 17.8 Å². The predicted molar refractivity (Wildman–Crippen MR) is 174 cm³/mol. The highest BCUT2D eigenvalue weighted by Gasteiger charge is 2.33. The van der Waals surface area contributed by atoms with E-state index in [2.05, 4.69) is 25.1 Å². The molecule has 1 fully saturated rings. The van der Waals surface area contributed by atoms with Crippen LogP contribution in [-0.2, 0) is 14.3 Å². The summed E-state index contributed by atoms with van der Waals surface area (Å²) in [5.74, 6) is 0.0401. The zero-order valence-corrected chi connectivity index (χ0v) is 27.1. The normalized spacial score (nSPS) is 14.8. The molecule has 0 bridgehead atoms. The number of benzene rings is 3. The minimum absolute atomic E-state index is 0.116. The Hall–Kier alpha value is -4.93. The van der Waals surface area contributed by atoms with E-state index < -0.39 is 12.4 Å². The van der Waals surface area contributed by atoms with Crippen molar-refractivity contribution in [2.24, 2.45) is 4.99 Å². The van der Waals surface area contributed by atoms with Gasteiger partial charge < -0.3 is 24.3 Å². The molecule has 1 unspecified atom stereocenters. The van der Waals surface area contributed by atoms with Gasteiger partial charge in [0.2, 0.25) is 5.91 Å². The summed E-state index contributed by atoms with van der Waals surface area (Å²) in [7, 11) is 1.44. The molecule has 0 aliphatic carbocycles. The van der Waals surface area contributed by atoms with E-state index in [-0.39, 0.29) is 52.7 Å². The fourth-order valence-electron chi connectivity index (χ4n) is 4.77. The SMILES string of the molecule is CCOC(C)c1ccc(C)cc1N1C(=O)CSC1=NC(=O)Nc1ccc(-c2ncn(-c3ccc(OC(F)(F)F)cc3)n2)cc1OCOC. The number of anilines is 2. The molecule has 2 heterocycles. The first-order valence-electron chi connectivity index (χ1n) is 14.6. The number of hydrogen-bond acceptors (Lipinski definition) is 9. The van der Waals surface area contributed by atoms with E-state index in [4.69, 9.17) is 14.2 Å². The number of nitrogens with one attached hydrogen (secondary N) is 1. The number of amides is 3. The smallest absolute Gasteiger partial charge is 0.465 e. The van der Waals surface area contributed by atoms with Crippen LogP contribution < -0.4 is 19.7 Å². The molecule has 3 aromatic carbocycles. The van der Waals surface area contributed by atoms with Crippen LogP contribution in [0.3, 0.4) is 0 Å². The highest BCUT2D eigenvalue weighted by Crippen LogP contribution is 2.35. The Balaban J connectivity index is 1.37. The number of hydrogen-bond donors (Lipinski definition) is 1. The first-order chi connectivity index (χ1) is 23.0. The Kier molecular flexibility index (Phi) is 10.7. The average Bonchev–Trinajstić information content (AvgIpc) is 3.67. The number of alkyl halides is 3. The first kappa shape index (κ1) is 34.4. The number of ether oxygens (including phenoxy) is 4. The van der Waals surface area contributed by atoms with Crippen molar-refractivity contribution in [2.45, 2.75) is 33.2 Å². The van der Waals surface area contributed by atoms with E-state index in [1.165, 1.54) is 47.3 Å². The number of carbonyl (C=O) groups excluding carboxylic acids is 2. The fourth-order valence-corrected chi connectivity index (χ4v) is 5.63. The molecule has 0 radical (unpaired) electrons. The molecule has 252 valence electrons. The van der Waals surface area contributed by atoms with Crippen LogP contribution in [-0.4, -0.2) is 64.5 Å². The first-order valence-corrected chi connectivity index (χ1v) is 15.6. The summed E-state index contributed by atoms with van der Waals surface area (Å²) in [5, 5.41) is 7.35. The van der Waals surface area contributed by atoms with Crippen molar-refractivity contribution in [3.05, 3.63) is 78.1 Å². The third-order valence-corrected chi connectivity index (χ3v) is 7.81. The minimum Gasteiger partial charge on any atom is -0.465 e. The van der Waals surface area contributed by atoms with E-state index >= 15 is 0 Å². The molecule has 0 saturated carbocycles. The number of rotatable bonds is 11. The highest BCUT2D eigenvalue weighted by atomic mass is 32.2. The third-order valence-electron chi connectivity index (χ3n) is 6.88. The van der Waals surface area contributed by atoms with Crippen LogP contribution in [0.5, 0.6) is 11.5 Å². The van der Waals surface area contributed by atoms with Crippen LogP contribution >= 0.6 is 11.8 Å². The van der Waals surface area contributed by atoms with Crippen molar-refractivity contribution in [3.63, 3.8) is 0 Å². The van der Waals surface area contributed by atoms with Crippen molar-refractivity contribution in [3.8, 4) is 28.6 Å². The Labute approximate surface area is 277 Å². The fraction of sp³-hybridized carbons (Fsp3) is 0.281. The van der Waals surface area contributed by atoms with Gasteiger partial charge in [-0.25, -0.2) is 14.5 Å². The van der Waals surface area contributed by atoms with Gasteiger partial charge >= 0.3 is 12.4 Å². The van der Waals surface area contributed by atoms with Gasteiger partial charge in [-0.1, -0.05) is 23.9 Å². The summed E-state index contributed by atoms with van der Waals surface area (Å²) >= 11 is 1.15. The number of amidine groups is 1. The summed E-state index contributed by atoms with van der Waals surface area (Å²) in [4.78, 5) is 36.2. The molecule has 4 aromatic rings. The number of aromatic nitrogens is 3. The molecule has 1 saturated heterocycles. The van der Waals surface area contributed by atoms with Crippen molar-refractivity contribution in [1.82, 2.24) is 14.8 Å². The standard InChI is InChI=1S/C32H31F3N6O6S/c1-5-45-20(3)24-12-6-19(2)14-26(24)41-28(42)16-48-31(41)38-30(43)37-25-13-7-21(15-27(25)46-18-44-4)29-36-17-40(39-29)22-8-10-23(11-9-22)47-32(33,34)35/h6-15,17,20H,5,16,18H2,1-4H3,(H,37,43). The van der Waals surface area contributed by atoms with E-state index in [0.717, 1.165) is 22.9 Å². The predicted octanol–water partition coefficient (Wildman–Crippen LogP) is 6.89. The third kappa shape index (κ3) is 8.31. The Morgan fingerprint density at radius 3 is 2.60 bits per heavy atom. The second-order valence-corrected chi connectivity index (χ2v) is 11.3. The topological polar surface area (TPSA) is 129 Å². The monoisotopic (exact) mass is 684 g/mol. The maximum absolute atomic E-state index is 13.2. The maximum atomic E-state index is 13.2. The lowest BCUT2D eigenvalue weighted by Gasteiger charge is -2.23. The largest absolute Gasteiger partial charge is 0.573 e. The molecule has 3 amide bonds. The lowest BCUT2D eigenvalue weighted by Crippen LogP contribution is -2.31. The molecule has 12 nitrogen and oxygen atoms in total. The molecular weight excluding hydrogens is 653 g/mol. The molecule has 5 rings (SSSR count). The molecule has 1 N–H and O–H groups in total. The molecule has 48 heavy (non-hydrogen) atoms. The van der Waals surface area contributed by atoms with Gasteiger partial charge in [0, 0.05) is 24.8 Å². The molecule has 1 aromatic heterocycles. The Morgan fingerprint density at radius 1 is 1.12 bits per heavy atom. The van der Waals surface area contributed by atoms with Gasteiger partial charge in [-0.2, -0.15) is 4.99 Å². The number of aryl methyl sites for hydroxylation is 1. The average molecular weight is 685 g/mol.